The van der Waals surface area contributed by atoms with Gasteiger partial charge in [0, 0.05) is 19.5 Å². The van der Waals surface area contributed by atoms with E-state index in [2.05, 4.69) is 32.9 Å². The molecule has 0 aliphatic rings. The lowest BCUT2D eigenvalue weighted by Crippen LogP contribution is -2.31. The average Bonchev–Trinajstić information content (AvgIpc) is 2.69. The highest BCUT2D eigenvalue weighted by Gasteiger charge is 2.24. The Hall–Kier alpha value is -2.18. The standard InChI is InChI=1S/C24H33NO4S/c1-24(2,3)21-16-14-20(15-17-21)19-25(18-10-5-4-9-13-23(26)27)30(28,29)22-11-7-6-8-12-22/h6-8,11-12,14-17H,4-5,9-10,13,18-19H2,1-3H3,(H,26,27). The van der Waals surface area contributed by atoms with E-state index >= 15 is 0 Å². The zero-order chi connectivity index (χ0) is 22.2. The lowest BCUT2D eigenvalue weighted by atomic mass is 9.87. The molecule has 0 heterocycles. The fourth-order valence-electron chi connectivity index (χ4n) is 3.26. The number of sulfonamides is 1. The summed E-state index contributed by atoms with van der Waals surface area (Å²) in [5.74, 6) is -0.790. The van der Waals surface area contributed by atoms with Crippen LogP contribution in [0, 0.1) is 0 Å². The van der Waals surface area contributed by atoms with Crippen molar-refractivity contribution < 1.29 is 18.3 Å². The van der Waals surface area contributed by atoms with Crippen molar-refractivity contribution in [3.05, 3.63) is 65.7 Å². The SMILES string of the molecule is CC(C)(C)c1ccc(CN(CCCCCCC(=O)O)S(=O)(=O)c2ccccc2)cc1. The van der Waals surface area contributed by atoms with E-state index in [4.69, 9.17) is 5.11 Å². The van der Waals surface area contributed by atoms with Gasteiger partial charge in [-0.3, -0.25) is 4.79 Å². The first kappa shape index (κ1) is 24.1. The summed E-state index contributed by atoms with van der Waals surface area (Å²) in [6.45, 7) is 7.18. The predicted octanol–water partition coefficient (Wildman–Crippen LogP) is 5.21. The molecule has 0 saturated heterocycles. The molecule has 30 heavy (non-hydrogen) atoms. The Morgan fingerprint density at radius 2 is 1.50 bits per heavy atom. The van der Waals surface area contributed by atoms with E-state index in [-0.39, 0.29) is 11.8 Å². The topological polar surface area (TPSA) is 74.7 Å². The van der Waals surface area contributed by atoms with E-state index < -0.39 is 16.0 Å². The van der Waals surface area contributed by atoms with Crippen molar-refractivity contribution in [2.75, 3.05) is 6.54 Å². The molecule has 0 bridgehead atoms. The summed E-state index contributed by atoms with van der Waals surface area (Å²) in [6.07, 6.45) is 3.07. The van der Waals surface area contributed by atoms with Crippen molar-refractivity contribution in [3.8, 4) is 0 Å². The Balaban J connectivity index is 2.12. The van der Waals surface area contributed by atoms with Crippen LogP contribution in [0.15, 0.2) is 59.5 Å². The van der Waals surface area contributed by atoms with Gasteiger partial charge >= 0.3 is 5.97 Å². The minimum absolute atomic E-state index is 0.0459. The molecule has 0 radical (unpaired) electrons. The molecule has 0 spiro atoms. The molecule has 2 aromatic rings. The van der Waals surface area contributed by atoms with Crippen LogP contribution in [0.2, 0.25) is 0 Å². The first-order valence-electron chi connectivity index (χ1n) is 10.5. The third-order valence-corrected chi connectivity index (χ3v) is 6.97. The third kappa shape index (κ3) is 7.26. The smallest absolute Gasteiger partial charge is 0.303 e. The number of carboxylic acids is 1. The summed E-state index contributed by atoms with van der Waals surface area (Å²) in [5, 5.41) is 8.74. The molecular formula is C24H33NO4S. The number of nitrogens with zero attached hydrogens (tertiary/aromatic N) is 1. The van der Waals surface area contributed by atoms with Crippen molar-refractivity contribution >= 4 is 16.0 Å². The highest BCUT2D eigenvalue weighted by molar-refractivity contribution is 7.89. The van der Waals surface area contributed by atoms with E-state index in [1.54, 1.807) is 30.3 Å². The summed E-state index contributed by atoms with van der Waals surface area (Å²) >= 11 is 0. The highest BCUT2D eigenvalue weighted by atomic mass is 32.2. The predicted molar refractivity (Wildman–Crippen MR) is 120 cm³/mol. The van der Waals surface area contributed by atoms with Crippen LogP contribution in [0.5, 0.6) is 0 Å². The molecule has 0 aromatic heterocycles. The number of carboxylic acid groups (broad SMARTS) is 1. The van der Waals surface area contributed by atoms with Crippen LogP contribution in [0.4, 0.5) is 0 Å². The molecule has 2 rings (SSSR count). The van der Waals surface area contributed by atoms with Crippen molar-refractivity contribution in [3.63, 3.8) is 0 Å². The van der Waals surface area contributed by atoms with Crippen LogP contribution in [0.1, 0.15) is 64.0 Å². The van der Waals surface area contributed by atoms with E-state index in [0.29, 0.717) is 30.8 Å². The normalized spacial score (nSPS) is 12.3. The van der Waals surface area contributed by atoms with E-state index in [1.165, 1.54) is 9.87 Å². The van der Waals surface area contributed by atoms with Crippen LogP contribution in [-0.4, -0.2) is 30.3 Å². The molecule has 2 aromatic carbocycles. The number of rotatable bonds is 11. The zero-order valence-electron chi connectivity index (χ0n) is 18.2. The molecule has 0 saturated carbocycles. The second-order valence-electron chi connectivity index (χ2n) is 8.66. The fraction of sp³-hybridized carbons (Fsp3) is 0.458. The van der Waals surface area contributed by atoms with Gasteiger partial charge in [0.2, 0.25) is 10.0 Å². The summed E-state index contributed by atoms with van der Waals surface area (Å²) < 4.78 is 28.0. The number of aliphatic carboxylic acids is 1. The van der Waals surface area contributed by atoms with Crippen LogP contribution >= 0.6 is 0 Å². The van der Waals surface area contributed by atoms with Crippen LogP contribution in [0.3, 0.4) is 0 Å². The molecule has 0 atom stereocenters. The Morgan fingerprint density at radius 3 is 2.07 bits per heavy atom. The van der Waals surface area contributed by atoms with Crippen LogP contribution in [-0.2, 0) is 26.8 Å². The van der Waals surface area contributed by atoms with Gasteiger partial charge in [0.1, 0.15) is 0 Å². The summed E-state index contributed by atoms with van der Waals surface area (Å²) in [6, 6.07) is 16.6. The first-order chi connectivity index (χ1) is 14.1. The average molecular weight is 432 g/mol. The molecule has 0 amide bonds. The van der Waals surface area contributed by atoms with Gasteiger partial charge in [-0.25, -0.2) is 8.42 Å². The van der Waals surface area contributed by atoms with Crippen LogP contribution in [0.25, 0.3) is 0 Å². The number of carbonyl (C=O) groups is 1. The second-order valence-corrected chi connectivity index (χ2v) is 10.6. The van der Waals surface area contributed by atoms with Gasteiger partial charge in [0.05, 0.1) is 4.90 Å². The maximum atomic E-state index is 13.2. The van der Waals surface area contributed by atoms with Crippen molar-refractivity contribution in [2.24, 2.45) is 0 Å². The summed E-state index contributed by atoms with van der Waals surface area (Å²) in [5.41, 5.74) is 2.21. The van der Waals surface area contributed by atoms with E-state index in [1.807, 2.05) is 12.1 Å². The summed E-state index contributed by atoms with van der Waals surface area (Å²) in [7, 11) is -3.60. The Kier molecular flexibility index (Phi) is 8.62. The van der Waals surface area contributed by atoms with Gasteiger partial charge in [0.15, 0.2) is 0 Å². The molecule has 5 nitrogen and oxygen atoms in total. The van der Waals surface area contributed by atoms with Gasteiger partial charge in [0.25, 0.3) is 0 Å². The molecule has 0 fully saturated rings. The molecular weight excluding hydrogens is 398 g/mol. The van der Waals surface area contributed by atoms with Crippen molar-refractivity contribution in [1.82, 2.24) is 4.31 Å². The molecule has 1 N–H and O–H groups in total. The lowest BCUT2D eigenvalue weighted by Gasteiger charge is -2.23. The number of benzene rings is 2. The van der Waals surface area contributed by atoms with E-state index in [0.717, 1.165) is 18.4 Å². The molecule has 164 valence electrons. The van der Waals surface area contributed by atoms with Gasteiger partial charge < -0.3 is 5.11 Å². The number of hydrogen-bond acceptors (Lipinski definition) is 3. The van der Waals surface area contributed by atoms with Gasteiger partial charge in [-0.15, -0.1) is 0 Å². The largest absolute Gasteiger partial charge is 0.481 e. The zero-order valence-corrected chi connectivity index (χ0v) is 19.0. The maximum absolute atomic E-state index is 13.2. The number of hydrogen-bond donors (Lipinski definition) is 1. The van der Waals surface area contributed by atoms with Gasteiger partial charge in [-0.2, -0.15) is 4.31 Å². The monoisotopic (exact) mass is 431 g/mol. The third-order valence-electron chi connectivity index (χ3n) is 5.11. The van der Waals surface area contributed by atoms with Crippen molar-refractivity contribution in [2.45, 2.75) is 69.7 Å². The van der Waals surface area contributed by atoms with Crippen molar-refractivity contribution in [1.29, 1.82) is 0 Å². The summed E-state index contributed by atoms with van der Waals surface area (Å²) in [4.78, 5) is 10.9. The van der Waals surface area contributed by atoms with Gasteiger partial charge in [-0.05, 0) is 41.5 Å². The first-order valence-corrected chi connectivity index (χ1v) is 11.9. The van der Waals surface area contributed by atoms with E-state index in [9.17, 15) is 13.2 Å². The second kappa shape index (κ2) is 10.7. The quantitative estimate of drug-likeness (QED) is 0.496. The molecule has 6 heteroatoms. The minimum atomic E-state index is -3.60. The molecule has 0 aliphatic heterocycles. The number of unbranched alkanes of at least 4 members (excludes halogenated alkanes) is 3. The lowest BCUT2D eigenvalue weighted by molar-refractivity contribution is -0.137. The maximum Gasteiger partial charge on any atom is 0.303 e. The highest BCUT2D eigenvalue weighted by Crippen LogP contribution is 2.24. The Morgan fingerprint density at radius 1 is 0.900 bits per heavy atom. The van der Waals surface area contributed by atoms with Gasteiger partial charge in [-0.1, -0.05) is 76.1 Å². The van der Waals surface area contributed by atoms with Crippen LogP contribution < -0.4 is 0 Å². The Bertz CT molecular complexity index is 900. The molecule has 0 unspecified atom stereocenters. The Labute approximate surface area is 180 Å². The minimum Gasteiger partial charge on any atom is -0.481 e. The molecule has 0 aliphatic carbocycles. The fourth-order valence-corrected chi connectivity index (χ4v) is 4.75.